The topological polar surface area (TPSA) is 47.6 Å². The lowest BCUT2D eigenvalue weighted by molar-refractivity contribution is -0.145. The predicted molar refractivity (Wildman–Crippen MR) is 61.2 cm³/mol. The Labute approximate surface area is 95.1 Å². The normalized spacial score (nSPS) is 18.3. The third kappa shape index (κ3) is 4.40. The second kappa shape index (κ2) is 7.09. The van der Waals surface area contributed by atoms with E-state index in [1.165, 1.54) is 0 Å². The minimum atomic E-state index is -0.168. The van der Waals surface area contributed by atoms with Crippen molar-refractivity contribution in [2.45, 2.75) is 24.6 Å². The average molecular weight is 233 g/mol. The van der Waals surface area contributed by atoms with E-state index in [1.54, 1.807) is 7.05 Å². The molecule has 1 aliphatic heterocycles. The Morgan fingerprint density at radius 1 is 1.67 bits per heavy atom. The van der Waals surface area contributed by atoms with Crippen molar-refractivity contribution in [2.75, 3.05) is 32.6 Å². The van der Waals surface area contributed by atoms with Crippen molar-refractivity contribution in [3.05, 3.63) is 0 Å². The van der Waals surface area contributed by atoms with Gasteiger partial charge in [-0.1, -0.05) is 0 Å². The molecule has 4 nitrogen and oxygen atoms in total. The van der Waals surface area contributed by atoms with Gasteiger partial charge in [0, 0.05) is 0 Å². The Morgan fingerprint density at radius 2 is 2.40 bits per heavy atom. The summed E-state index contributed by atoms with van der Waals surface area (Å²) in [5.41, 5.74) is 0. The van der Waals surface area contributed by atoms with Crippen molar-refractivity contribution < 1.29 is 14.3 Å². The zero-order chi connectivity index (χ0) is 11.1. The van der Waals surface area contributed by atoms with Crippen LogP contribution < -0.4 is 5.32 Å². The van der Waals surface area contributed by atoms with Gasteiger partial charge in [0.15, 0.2) is 0 Å². The van der Waals surface area contributed by atoms with Crippen LogP contribution in [0.1, 0.15) is 13.3 Å². The lowest BCUT2D eigenvalue weighted by atomic mass is 10.2. The molecule has 0 amide bonds. The van der Waals surface area contributed by atoms with Gasteiger partial charge in [-0.05, 0) is 26.1 Å². The molecule has 1 saturated heterocycles. The summed E-state index contributed by atoms with van der Waals surface area (Å²) in [7, 11) is 1.79. The summed E-state index contributed by atoms with van der Waals surface area (Å²) in [5, 5.41) is 3.61. The first-order valence-corrected chi connectivity index (χ1v) is 6.36. The maximum absolute atomic E-state index is 11.4. The molecule has 0 radical (unpaired) electrons. The van der Waals surface area contributed by atoms with Crippen LogP contribution in [0.2, 0.25) is 0 Å². The van der Waals surface area contributed by atoms with Gasteiger partial charge in [0.25, 0.3) is 0 Å². The molecule has 1 unspecified atom stereocenters. The molecule has 88 valence electrons. The first-order chi connectivity index (χ1) is 7.27. The number of nitrogens with one attached hydrogen (secondary N) is 1. The smallest absolute Gasteiger partial charge is 0.323 e. The van der Waals surface area contributed by atoms with Gasteiger partial charge in [-0.2, -0.15) is 11.8 Å². The lowest BCUT2D eigenvalue weighted by Gasteiger charge is -2.25. The summed E-state index contributed by atoms with van der Waals surface area (Å²) in [6.45, 7) is 3.98. The van der Waals surface area contributed by atoms with Crippen molar-refractivity contribution in [1.29, 1.82) is 0 Å². The number of carbonyl (C=O) groups is 1. The van der Waals surface area contributed by atoms with Crippen molar-refractivity contribution in [3.8, 4) is 0 Å². The number of hydrogen-bond acceptors (Lipinski definition) is 5. The number of rotatable bonds is 7. The molecule has 5 heteroatoms. The average Bonchev–Trinajstić information content (AvgIpc) is 2.15. The number of hydrogen-bond donors (Lipinski definition) is 1. The Balaban J connectivity index is 2.11. The summed E-state index contributed by atoms with van der Waals surface area (Å²) in [5.74, 6) is 0.823. The van der Waals surface area contributed by atoms with Gasteiger partial charge in [0.1, 0.15) is 6.04 Å². The highest BCUT2D eigenvalue weighted by Crippen LogP contribution is 2.20. The van der Waals surface area contributed by atoms with Crippen LogP contribution >= 0.6 is 11.8 Å². The van der Waals surface area contributed by atoms with Crippen molar-refractivity contribution in [2.24, 2.45) is 0 Å². The maximum atomic E-state index is 11.4. The van der Waals surface area contributed by atoms with E-state index in [0.29, 0.717) is 11.9 Å². The molecule has 0 spiro atoms. The second-order valence-corrected chi connectivity index (χ2v) is 4.82. The summed E-state index contributed by atoms with van der Waals surface area (Å²) in [6.07, 6.45) is 0.816. The van der Waals surface area contributed by atoms with Gasteiger partial charge < -0.3 is 14.8 Å². The largest absolute Gasteiger partial charge is 0.465 e. The molecule has 0 aromatic heterocycles. The van der Waals surface area contributed by atoms with E-state index < -0.39 is 0 Å². The quantitative estimate of drug-likeness (QED) is 0.655. The van der Waals surface area contributed by atoms with Gasteiger partial charge in [-0.3, -0.25) is 4.79 Å². The maximum Gasteiger partial charge on any atom is 0.323 e. The zero-order valence-corrected chi connectivity index (χ0v) is 10.1. The molecule has 1 heterocycles. The van der Waals surface area contributed by atoms with Crippen LogP contribution in [0.4, 0.5) is 0 Å². The van der Waals surface area contributed by atoms with Crippen LogP contribution in [-0.4, -0.2) is 49.9 Å². The SMILES string of the molecule is CCOC(=O)C(CCSC1COC1)NC. The Bertz CT molecular complexity index is 197. The molecule has 0 saturated carbocycles. The third-order valence-corrected chi connectivity index (χ3v) is 3.50. The molecule has 1 N–H and O–H groups in total. The zero-order valence-electron chi connectivity index (χ0n) is 9.32. The number of carbonyl (C=O) groups excluding carboxylic acids is 1. The van der Waals surface area contributed by atoms with Crippen LogP contribution in [0.5, 0.6) is 0 Å². The highest BCUT2D eigenvalue weighted by atomic mass is 32.2. The molecule has 1 rings (SSSR count). The van der Waals surface area contributed by atoms with E-state index >= 15 is 0 Å². The molecule has 0 aromatic carbocycles. The van der Waals surface area contributed by atoms with Crippen molar-refractivity contribution in [1.82, 2.24) is 5.32 Å². The summed E-state index contributed by atoms with van der Waals surface area (Å²) in [4.78, 5) is 11.4. The van der Waals surface area contributed by atoms with Crippen molar-refractivity contribution >= 4 is 17.7 Å². The van der Waals surface area contributed by atoms with E-state index in [-0.39, 0.29) is 12.0 Å². The predicted octanol–water partition coefficient (Wildman–Crippen LogP) is 0.660. The molecular formula is C10H19NO3S. The van der Waals surface area contributed by atoms with Gasteiger partial charge in [-0.15, -0.1) is 0 Å². The van der Waals surface area contributed by atoms with E-state index in [2.05, 4.69) is 5.32 Å². The number of ether oxygens (including phenoxy) is 2. The van der Waals surface area contributed by atoms with E-state index in [0.717, 1.165) is 25.4 Å². The fourth-order valence-corrected chi connectivity index (χ4v) is 2.38. The number of likely N-dealkylation sites (N-methyl/N-ethyl adjacent to an activating group) is 1. The standard InChI is InChI=1S/C10H19NO3S/c1-3-14-10(12)9(11-2)4-5-15-8-6-13-7-8/h8-9,11H,3-7H2,1-2H3. The van der Waals surface area contributed by atoms with Crippen LogP contribution in [0.15, 0.2) is 0 Å². The van der Waals surface area contributed by atoms with Gasteiger partial charge >= 0.3 is 5.97 Å². The van der Waals surface area contributed by atoms with Crippen LogP contribution in [0.3, 0.4) is 0 Å². The molecular weight excluding hydrogens is 214 g/mol. The van der Waals surface area contributed by atoms with E-state index in [4.69, 9.17) is 9.47 Å². The van der Waals surface area contributed by atoms with Crippen LogP contribution in [0.25, 0.3) is 0 Å². The summed E-state index contributed by atoms with van der Waals surface area (Å²) < 4.78 is 10.0. The Hall–Kier alpha value is -0.260. The molecule has 15 heavy (non-hydrogen) atoms. The second-order valence-electron chi connectivity index (χ2n) is 3.41. The highest BCUT2D eigenvalue weighted by Gasteiger charge is 2.21. The number of esters is 1. The monoisotopic (exact) mass is 233 g/mol. The van der Waals surface area contributed by atoms with E-state index in [1.807, 2.05) is 18.7 Å². The van der Waals surface area contributed by atoms with E-state index in [9.17, 15) is 4.79 Å². The third-order valence-electron chi connectivity index (χ3n) is 2.29. The fourth-order valence-electron chi connectivity index (χ4n) is 1.29. The highest BCUT2D eigenvalue weighted by molar-refractivity contribution is 8.00. The Morgan fingerprint density at radius 3 is 2.87 bits per heavy atom. The minimum Gasteiger partial charge on any atom is -0.465 e. The first kappa shape index (κ1) is 12.8. The molecule has 1 atom stereocenters. The molecule has 0 aromatic rings. The summed E-state index contributed by atoms with van der Waals surface area (Å²) >= 11 is 1.87. The lowest BCUT2D eigenvalue weighted by Crippen LogP contribution is -2.37. The van der Waals surface area contributed by atoms with Gasteiger partial charge in [0.05, 0.1) is 25.1 Å². The van der Waals surface area contributed by atoms with Crippen molar-refractivity contribution in [3.63, 3.8) is 0 Å². The minimum absolute atomic E-state index is 0.148. The molecule has 1 fully saturated rings. The molecule has 1 aliphatic rings. The van der Waals surface area contributed by atoms with Crippen LogP contribution in [0, 0.1) is 0 Å². The summed E-state index contributed by atoms with van der Waals surface area (Å²) in [6, 6.07) is -0.168. The van der Waals surface area contributed by atoms with Gasteiger partial charge in [-0.25, -0.2) is 0 Å². The first-order valence-electron chi connectivity index (χ1n) is 5.31. The number of thioether (sulfide) groups is 1. The Kier molecular flexibility index (Phi) is 6.05. The molecule has 0 aliphatic carbocycles. The fraction of sp³-hybridized carbons (Fsp3) is 0.900. The van der Waals surface area contributed by atoms with Gasteiger partial charge in [0.2, 0.25) is 0 Å². The molecule has 0 bridgehead atoms. The van der Waals surface area contributed by atoms with Crippen LogP contribution in [-0.2, 0) is 14.3 Å².